The van der Waals surface area contributed by atoms with Gasteiger partial charge in [-0.05, 0) is 15.9 Å². The van der Waals surface area contributed by atoms with Gasteiger partial charge in [0.2, 0.25) is 5.95 Å². The second-order valence-corrected chi connectivity index (χ2v) is 4.24. The minimum atomic E-state index is 0.506. The summed E-state index contributed by atoms with van der Waals surface area (Å²) in [7, 11) is 1.76. The maximum Gasteiger partial charge on any atom is 0.226 e. The van der Waals surface area contributed by atoms with Gasteiger partial charge in [-0.3, -0.25) is 0 Å². The smallest absolute Gasteiger partial charge is 0.226 e. The first-order chi connectivity index (χ1) is 8.28. The zero-order chi connectivity index (χ0) is 11.8. The average molecular weight is 294 g/mol. The van der Waals surface area contributed by atoms with E-state index in [4.69, 9.17) is 0 Å². The van der Waals surface area contributed by atoms with E-state index in [1.54, 1.807) is 24.3 Å². The highest BCUT2D eigenvalue weighted by atomic mass is 79.9. The number of H-pyrrole nitrogens is 1. The largest absolute Gasteiger partial charge is 0.357 e. The molecule has 0 aliphatic carbocycles. The maximum absolute atomic E-state index is 4.36. The van der Waals surface area contributed by atoms with E-state index in [0.717, 1.165) is 9.99 Å². The molecule has 0 bridgehead atoms. The van der Waals surface area contributed by atoms with Crippen molar-refractivity contribution in [2.45, 2.75) is 0 Å². The van der Waals surface area contributed by atoms with Crippen LogP contribution in [-0.2, 0) is 0 Å². The van der Waals surface area contributed by atoms with Gasteiger partial charge in [0.05, 0.1) is 17.0 Å². The van der Waals surface area contributed by atoms with E-state index in [9.17, 15) is 0 Å². The van der Waals surface area contributed by atoms with Gasteiger partial charge in [-0.15, -0.1) is 0 Å². The van der Waals surface area contributed by atoms with Crippen LogP contribution in [0.25, 0.3) is 17.0 Å². The van der Waals surface area contributed by atoms with Crippen molar-refractivity contribution in [3.63, 3.8) is 0 Å². The topological polar surface area (TPSA) is 84.3 Å². The van der Waals surface area contributed by atoms with Gasteiger partial charge in [-0.25, -0.2) is 9.67 Å². The zero-order valence-electron chi connectivity index (χ0n) is 8.85. The van der Waals surface area contributed by atoms with E-state index >= 15 is 0 Å². The molecule has 7 nitrogen and oxygen atoms in total. The quantitative estimate of drug-likeness (QED) is 0.745. The fourth-order valence-corrected chi connectivity index (χ4v) is 1.80. The molecular weight excluding hydrogens is 286 g/mol. The van der Waals surface area contributed by atoms with Crippen LogP contribution < -0.4 is 5.32 Å². The molecule has 17 heavy (non-hydrogen) atoms. The van der Waals surface area contributed by atoms with E-state index in [1.807, 2.05) is 6.20 Å². The number of imidazole rings is 1. The molecule has 0 aliphatic rings. The lowest BCUT2D eigenvalue weighted by Crippen LogP contribution is -2.04. The van der Waals surface area contributed by atoms with Crippen molar-refractivity contribution in [1.29, 1.82) is 0 Å². The lowest BCUT2D eigenvalue weighted by molar-refractivity contribution is 0.849. The van der Waals surface area contributed by atoms with Crippen LogP contribution in [-0.4, -0.2) is 36.8 Å². The van der Waals surface area contributed by atoms with Crippen molar-refractivity contribution < 1.29 is 0 Å². The van der Waals surface area contributed by atoms with E-state index in [2.05, 4.69) is 46.3 Å². The molecule has 0 spiro atoms. The summed E-state index contributed by atoms with van der Waals surface area (Å²) in [6.45, 7) is 0. The number of nitrogens with zero attached hydrogens (tertiary/aromatic N) is 5. The van der Waals surface area contributed by atoms with E-state index in [0.29, 0.717) is 17.4 Å². The van der Waals surface area contributed by atoms with Gasteiger partial charge in [0.1, 0.15) is 5.52 Å². The van der Waals surface area contributed by atoms with Gasteiger partial charge in [-0.2, -0.15) is 15.1 Å². The lowest BCUT2D eigenvalue weighted by atomic mass is 10.5. The highest BCUT2D eigenvalue weighted by molar-refractivity contribution is 9.10. The fraction of sp³-hybridized carbons (Fsp3) is 0.111. The number of aromatic amines is 1. The average Bonchev–Trinajstić information content (AvgIpc) is 2.95. The van der Waals surface area contributed by atoms with E-state index < -0.39 is 0 Å². The van der Waals surface area contributed by atoms with Crippen LogP contribution in [0.15, 0.2) is 23.2 Å². The minimum absolute atomic E-state index is 0.506. The molecule has 0 amide bonds. The van der Waals surface area contributed by atoms with E-state index in [1.165, 1.54) is 0 Å². The first-order valence-electron chi connectivity index (χ1n) is 4.87. The number of halogens is 1. The fourth-order valence-electron chi connectivity index (χ4n) is 1.51. The lowest BCUT2D eigenvalue weighted by Gasteiger charge is -2.04. The monoisotopic (exact) mass is 293 g/mol. The Hall–Kier alpha value is -1.96. The Morgan fingerprint density at radius 3 is 3.00 bits per heavy atom. The Kier molecular flexibility index (Phi) is 2.29. The molecule has 3 aromatic heterocycles. The Bertz CT molecular complexity index is 671. The predicted molar refractivity (Wildman–Crippen MR) is 66.1 cm³/mol. The van der Waals surface area contributed by atoms with Gasteiger partial charge in [0, 0.05) is 13.2 Å². The third kappa shape index (κ3) is 1.66. The van der Waals surface area contributed by atoms with Crippen LogP contribution in [0, 0.1) is 0 Å². The molecule has 8 heteroatoms. The Morgan fingerprint density at radius 1 is 1.41 bits per heavy atom. The summed E-state index contributed by atoms with van der Waals surface area (Å²) < 4.78 is 2.54. The van der Waals surface area contributed by atoms with Crippen LogP contribution in [0.4, 0.5) is 5.95 Å². The van der Waals surface area contributed by atoms with Crippen molar-refractivity contribution >= 4 is 33.0 Å². The standard InChI is InChI=1S/C9H8BrN7/c1-11-9-15-7-6(12-4-13-7)8(16-9)17-3-5(10)2-14-17/h2-4H,1H3,(H2,11,12,13,15,16). The van der Waals surface area contributed by atoms with Crippen molar-refractivity contribution in [3.8, 4) is 5.82 Å². The number of fused-ring (bicyclic) bond motifs is 1. The van der Waals surface area contributed by atoms with Crippen molar-refractivity contribution in [2.75, 3.05) is 12.4 Å². The summed E-state index contributed by atoms with van der Waals surface area (Å²) in [5.41, 5.74) is 1.35. The highest BCUT2D eigenvalue weighted by Gasteiger charge is 2.11. The summed E-state index contributed by atoms with van der Waals surface area (Å²) in [4.78, 5) is 15.7. The van der Waals surface area contributed by atoms with Gasteiger partial charge in [-0.1, -0.05) is 0 Å². The molecule has 0 aromatic carbocycles. The molecule has 2 N–H and O–H groups in total. The predicted octanol–water partition coefficient (Wildman–Crippen LogP) is 1.34. The molecule has 86 valence electrons. The number of hydrogen-bond donors (Lipinski definition) is 2. The first-order valence-corrected chi connectivity index (χ1v) is 5.66. The van der Waals surface area contributed by atoms with Gasteiger partial charge < -0.3 is 10.3 Å². The second kappa shape index (κ2) is 3.81. The number of rotatable bonds is 2. The molecule has 0 saturated carbocycles. The van der Waals surface area contributed by atoms with Crippen LogP contribution in [0.3, 0.4) is 0 Å². The van der Waals surface area contributed by atoms with Crippen LogP contribution in [0.1, 0.15) is 0 Å². The molecule has 0 fully saturated rings. The van der Waals surface area contributed by atoms with E-state index in [-0.39, 0.29) is 0 Å². The Morgan fingerprint density at radius 2 is 2.29 bits per heavy atom. The summed E-state index contributed by atoms with van der Waals surface area (Å²) in [5.74, 6) is 1.16. The first kappa shape index (κ1) is 10.2. The molecule has 3 aromatic rings. The number of nitrogens with one attached hydrogen (secondary N) is 2. The van der Waals surface area contributed by atoms with Crippen LogP contribution >= 0.6 is 15.9 Å². The molecule has 0 radical (unpaired) electrons. The van der Waals surface area contributed by atoms with Crippen molar-refractivity contribution in [2.24, 2.45) is 0 Å². The zero-order valence-corrected chi connectivity index (χ0v) is 10.4. The Balaban J connectivity index is 2.29. The molecular formula is C9H8BrN7. The summed E-state index contributed by atoms with van der Waals surface area (Å²) in [6, 6.07) is 0. The van der Waals surface area contributed by atoms with Gasteiger partial charge in [0.25, 0.3) is 0 Å². The molecule has 3 rings (SSSR count). The van der Waals surface area contributed by atoms with Crippen molar-refractivity contribution in [1.82, 2.24) is 29.7 Å². The summed E-state index contributed by atoms with van der Waals surface area (Å²) >= 11 is 3.35. The Labute approximate surface area is 104 Å². The van der Waals surface area contributed by atoms with Crippen LogP contribution in [0.5, 0.6) is 0 Å². The normalized spacial score (nSPS) is 10.9. The third-order valence-corrected chi connectivity index (χ3v) is 2.67. The number of anilines is 1. The minimum Gasteiger partial charge on any atom is -0.357 e. The number of aromatic nitrogens is 6. The molecule has 0 aliphatic heterocycles. The second-order valence-electron chi connectivity index (χ2n) is 3.33. The van der Waals surface area contributed by atoms with Crippen molar-refractivity contribution in [3.05, 3.63) is 23.2 Å². The van der Waals surface area contributed by atoms with Crippen LogP contribution in [0.2, 0.25) is 0 Å². The number of hydrogen-bond acceptors (Lipinski definition) is 5. The molecule has 0 unspecified atom stereocenters. The molecule has 0 saturated heterocycles. The SMILES string of the molecule is CNc1nc(-n2cc(Br)cn2)c2[nH]cnc2n1. The third-order valence-electron chi connectivity index (χ3n) is 2.26. The molecule has 3 heterocycles. The highest BCUT2D eigenvalue weighted by Crippen LogP contribution is 2.18. The summed E-state index contributed by atoms with van der Waals surface area (Å²) in [6.07, 6.45) is 5.10. The molecule has 0 atom stereocenters. The summed E-state index contributed by atoms with van der Waals surface area (Å²) in [5, 5.41) is 7.09. The van der Waals surface area contributed by atoms with Gasteiger partial charge in [0.15, 0.2) is 11.5 Å². The van der Waals surface area contributed by atoms with Gasteiger partial charge >= 0.3 is 0 Å². The maximum atomic E-state index is 4.36.